The number of halogens is 1. The smallest absolute Gasteiger partial charge is 0.185 e. The van der Waals surface area contributed by atoms with E-state index in [0.717, 1.165) is 32.4 Å². The van der Waals surface area contributed by atoms with E-state index in [1.165, 1.54) is 10.8 Å². The molecule has 0 atom stereocenters. The summed E-state index contributed by atoms with van der Waals surface area (Å²) in [6.07, 6.45) is 3.20. The van der Waals surface area contributed by atoms with Gasteiger partial charge in [-0.1, -0.05) is 6.92 Å². The van der Waals surface area contributed by atoms with E-state index in [4.69, 9.17) is 11.6 Å². The predicted octanol–water partition coefficient (Wildman–Crippen LogP) is 2.91. The standard InChI is InChI=1S/C10H15ClN2S/c1-2-9-7-14-10(12-9)13-5-3-8(11)4-6-13/h7-8H,2-6H2,1H3. The molecule has 2 nitrogen and oxygen atoms in total. The third kappa shape index (κ3) is 2.20. The van der Waals surface area contributed by atoms with E-state index in [0.29, 0.717) is 5.38 Å². The Kier molecular flexibility index (Phi) is 3.29. The first kappa shape index (κ1) is 10.2. The zero-order chi connectivity index (χ0) is 9.97. The van der Waals surface area contributed by atoms with Gasteiger partial charge in [0, 0.05) is 23.8 Å². The summed E-state index contributed by atoms with van der Waals surface area (Å²) in [5.41, 5.74) is 1.21. The minimum absolute atomic E-state index is 0.372. The lowest BCUT2D eigenvalue weighted by atomic mass is 10.1. The molecular formula is C10H15ClN2S. The molecule has 1 aliphatic rings. The molecule has 1 saturated heterocycles. The second-order valence-corrected chi connectivity index (χ2v) is 5.09. The van der Waals surface area contributed by atoms with Crippen molar-refractivity contribution in [1.29, 1.82) is 0 Å². The molecule has 0 saturated carbocycles. The molecule has 78 valence electrons. The highest BCUT2D eigenvalue weighted by atomic mass is 35.5. The molecule has 0 bridgehead atoms. The van der Waals surface area contributed by atoms with Gasteiger partial charge in [0.25, 0.3) is 0 Å². The third-order valence-corrected chi connectivity index (χ3v) is 3.98. The maximum atomic E-state index is 6.06. The Morgan fingerprint density at radius 2 is 2.29 bits per heavy atom. The number of piperidine rings is 1. The maximum absolute atomic E-state index is 6.06. The summed E-state index contributed by atoms with van der Waals surface area (Å²) in [7, 11) is 0. The van der Waals surface area contributed by atoms with Crippen molar-refractivity contribution < 1.29 is 0 Å². The van der Waals surface area contributed by atoms with Crippen LogP contribution in [0.4, 0.5) is 5.13 Å². The highest BCUT2D eigenvalue weighted by molar-refractivity contribution is 7.13. The van der Waals surface area contributed by atoms with Gasteiger partial charge < -0.3 is 4.90 Å². The van der Waals surface area contributed by atoms with Gasteiger partial charge in [0.1, 0.15) is 0 Å². The second kappa shape index (κ2) is 4.49. The maximum Gasteiger partial charge on any atom is 0.185 e. The highest BCUT2D eigenvalue weighted by Crippen LogP contribution is 2.25. The molecule has 0 aromatic carbocycles. The Morgan fingerprint density at radius 3 is 2.86 bits per heavy atom. The summed E-state index contributed by atoms with van der Waals surface area (Å²) in [5, 5.41) is 3.70. The van der Waals surface area contributed by atoms with E-state index in [1.807, 2.05) is 0 Å². The SMILES string of the molecule is CCc1csc(N2CCC(Cl)CC2)n1. The van der Waals surface area contributed by atoms with Crippen LogP contribution in [0.5, 0.6) is 0 Å². The number of rotatable bonds is 2. The van der Waals surface area contributed by atoms with Crippen LogP contribution in [0.15, 0.2) is 5.38 Å². The normalized spacial score (nSPS) is 18.9. The number of aryl methyl sites for hydroxylation is 1. The topological polar surface area (TPSA) is 16.1 Å². The van der Waals surface area contributed by atoms with Gasteiger partial charge in [-0.3, -0.25) is 0 Å². The van der Waals surface area contributed by atoms with Crippen LogP contribution in [-0.4, -0.2) is 23.5 Å². The van der Waals surface area contributed by atoms with E-state index < -0.39 is 0 Å². The summed E-state index contributed by atoms with van der Waals surface area (Å²) in [5.74, 6) is 0. The van der Waals surface area contributed by atoms with Gasteiger partial charge in [0.15, 0.2) is 5.13 Å². The molecule has 1 fully saturated rings. The van der Waals surface area contributed by atoms with Crippen LogP contribution >= 0.6 is 22.9 Å². The number of anilines is 1. The van der Waals surface area contributed by atoms with E-state index in [-0.39, 0.29) is 0 Å². The lowest BCUT2D eigenvalue weighted by Crippen LogP contribution is -2.33. The monoisotopic (exact) mass is 230 g/mol. The van der Waals surface area contributed by atoms with Crippen LogP contribution in [0.2, 0.25) is 0 Å². The van der Waals surface area contributed by atoms with Gasteiger partial charge in [0.05, 0.1) is 5.69 Å². The molecule has 0 unspecified atom stereocenters. The van der Waals surface area contributed by atoms with Crippen molar-refractivity contribution in [2.45, 2.75) is 31.6 Å². The van der Waals surface area contributed by atoms with Gasteiger partial charge >= 0.3 is 0 Å². The van der Waals surface area contributed by atoms with E-state index in [9.17, 15) is 0 Å². The summed E-state index contributed by atoms with van der Waals surface area (Å²) >= 11 is 7.81. The molecule has 0 spiro atoms. The van der Waals surface area contributed by atoms with Crippen LogP contribution in [-0.2, 0) is 6.42 Å². The van der Waals surface area contributed by atoms with Crippen molar-refractivity contribution >= 4 is 28.1 Å². The number of aromatic nitrogens is 1. The molecule has 0 N–H and O–H groups in total. The first-order valence-corrected chi connectivity index (χ1v) is 6.44. The molecule has 1 aromatic rings. The Labute approximate surface area is 93.9 Å². The average Bonchev–Trinajstić information content (AvgIpc) is 2.67. The van der Waals surface area contributed by atoms with E-state index >= 15 is 0 Å². The predicted molar refractivity (Wildman–Crippen MR) is 62.6 cm³/mol. The third-order valence-electron chi connectivity index (χ3n) is 2.60. The Balaban J connectivity index is 2.01. The van der Waals surface area contributed by atoms with Gasteiger partial charge in [-0.05, 0) is 19.3 Å². The zero-order valence-corrected chi connectivity index (χ0v) is 9.94. The molecule has 4 heteroatoms. The largest absolute Gasteiger partial charge is 0.348 e. The number of thiazole rings is 1. The average molecular weight is 231 g/mol. The van der Waals surface area contributed by atoms with Crippen LogP contribution in [0.1, 0.15) is 25.5 Å². The fraction of sp³-hybridized carbons (Fsp3) is 0.700. The van der Waals surface area contributed by atoms with Gasteiger partial charge in [-0.15, -0.1) is 22.9 Å². The quantitative estimate of drug-likeness (QED) is 0.727. The molecule has 0 radical (unpaired) electrons. The molecular weight excluding hydrogens is 216 g/mol. The fourth-order valence-electron chi connectivity index (χ4n) is 1.64. The molecule has 1 aromatic heterocycles. The zero-order valence-electron chi connectivity index (χ0n) is 8.37. The summed E-state index contributed by atoms with van der Waals surface area (Å²) in [6.45, 7) is 4.26. The molecule has 1 aliphatic heterocycles. The summed E-state index contributed by atoms with van der Waals surface area (Å²) in [6, 6.07) is 0. The van der Waals surface area contributed by atoms with Crippen molar-refractivity contribution in [3.05, 3.63) is 11.1 Å². The van der Waals surface area contributed by atoms with Gasteiger partial charge in [0.2, 0.25) is 0 Å². The second-order valence-electron chi connectivity index (χ2n) is 3.64. The van der Waals surface area contributed by atoms with E-state index in [1.54, 1.807) is 11.3 Å². The number of alkyl halides is 1. The Hall–Kier alpha value is -0.280. The lowest BCUT2D eigenvalue weighted by Gasteiger charge is -2.28. The number of nitrogens with zero attached hydrogens (tertiary/aromatic N) is 2. The first-order chi connectivity index (χ1) is 6.79. The minimum Gasteiger partial charge on any atom is -0.348 e. The molecule has 2 heterocycles. The first-order valence-electron chi connectivity index (χ1n) is 5.13. The Bertz CT molecular complexity index is 292. The molecule has 2 rings (SSSR count). The lowest BCUT2D eigenvalue weighted by molar-refractivity contribution is 0.583. The number of hydrogen-bond donors (Lipinski definition) is 0. The van der Waals surface area contributed by atoms with Crippen molar-refractivity contribution in [2.24, 2.45) is 0 Å². The van der Waals surface area contributed by atoms with Crippen LogP contribution in [0.3, 0.4) is 0 Å². The Morgan fingerprint density at radius 1 is 1.57 bits per heavy atom. The summed E-state index contributed by atoms with van der Waals surface area (Å²) < 4.78 is 0. The summed E-state index contributed by atoms with van der Waals surface area (Å²) in [4.78, 5) is 6.93. The van der Waals surface area contributed by atoms with Crippen molar-refractivity contribution in [1.82, 2.24) is 4.98 Å². The molecule has 0 aliphatic carbocycles. The minimum atomic E-state index is 0.372. The number of hydrogen-bond acceptors (Lipinski definition) is 3. The van der Waals surface area contributed by atoms with Crippen molar-refractivity contribution in [3.8, 4) is 0 Å². The van der Waals surface area contributed by atoms with Crippen LogP contribution in [0, 0.1) is 0 Å². The van der Waals surface area contributed by atoms with Crippen LogP contribution < -0.4 is 4.90 Å². The molecule has 14 heavy (non-hydrogen) atoms. The highest BCUT2D eigenvalue weighted by Gasteiger charge is 2.19. The fourth-order valence-corrected chi connectivity index (χ4v) is 2.80. The van der Waals surface area contributed by atoms with Crippen LogP contribution in [0.25, 0.3) is 0 Å². The van der Waals surface area contributed by atoms with E-state index in [2.05, 4.69) is 22.2 Å². The van der Waals surface area contributed by atoms with Crippen molar-refractivity contribution in [2.75, 3.05) is 18.0 Å². The molecule has 0 amide bonds. The van der Waals surface area contributed by atoms with Gasteiger partial charge in [-0.2, -0.15) is 0 Å². The van der Waals surface area contributed by atoms with Gasteiger partial charge in [-0.25, -0.2) is 4.98 Å². The van der Waals surface area contributed by atoms with Crippen molar-refractivity contribution in [3.63, 3.8) is 0 Å².